The van der Waals surface area contributed by atoms with E-state index in [1.54, 1.807) is 0 Å². The smallest absolute Gasteiger partial charge is 0.0648 e. The van der Waals surface area contributed by atoms with Crippen molar-refractivity contribution in [3.63, 3.8) is 0 Å². The fraction of sp³-hybridized carbons (Fsp3) is 1.00. The van der Waals surface area contributed by atoms with E-state index >= 15 is 0 Å². The fourth-order valence-corrected chi connectivity index (χ4v) is 10.1. The van der Waals surface area contributed by atoms with Gasteiger partial charge >= 0.3 is 0 Å². The van der Waals surface area contributed by atoms with Crippen molar-refractivity contribution in [2.24, 2.45) is 58.2 Å². The molecule has 2 N–H and O–H groups in total. The van der Waals surface area contributed by atoms with Gasteiger partial charge in [0, 0.05) is 0 Å². The molecule has 0 heterocycles. The highest BCUT2D eigenvalue weighted by Crippen LogP contribution is 2.69. The second-order valence-corrected chi connectivity index (χ2v) is 13.8. The van der Waals surface area contributed by atoms with Gasteiger partial charge in [-0.2, -0.15) is 0 Å². The zero-order chi connectivity index (χ0) is 22.2. The van der Waals surface area contributed by atoms with E-state index in [1.165, 1.54) is 51.4 Å². The predicted molar refractivity (Wildman–Crippen MR) is 128 cm³/mol. The van der Waals surface area contributed by atoms with E-state index in [0.29, 0.717) is 22.7 Å². The molecule has 2 heteroatoms. The van der Waals surface area contributed by atoms with Crippen LogP contribution >= 0.6 is 0 Å². The number of hydrogen-bond acceptors (Lipinski definition) is 2. The Morgan fingerprint density at radius 2 is 1.65 bits per heavy atom. The van der Waals surface area contributed by atoms with Gasteiger partial charge in [-0.05, 0) is 135 Å². The summed E-state index contributed by atoms with van der Waals surface area (Å²) in [5.74, 6) is 6.18. The van der Waals surface area contributed by atoms with Crippen LogP contribution in [0, 0.1) is 58.2 Å². The maximum absolute atomic E-state index is 11.1. The van der Waals surface area contributed by atoms with Crippen molar-refractivity contribution < 1.29 is 10.2 Å². The Balaban J connectivity index is 1.31. The number of rotatable bonds is 5. The summed E-state index contributed by atoms with van der Waals surface area (Å²) < 4.78 is 0. The van der Waals surface area contributed by atoms with Crippen LogP contribution in [0.1, 0.15) is 112 Å². The lowest BCUT2D eigenvalue weighted by Gasteiger charge is -2.62. The third kappa shape index (κ3) is 3.56. The molecule has 0 spiro atoms. The minimum Gasteiger partial charge on any atom is -0.393 e. The second kappa shape index (κ2) is 7.72. The molecule has 5 fully saturated rings. The highest BCUT2D eigenvalue weighted by atomic mass is 16.3. The Morgan fingerprint density at radius 1 is 0.935 bits per heavy atom. The highest BCUT2D eigenvalue weighted by Gasteiger charge is 2.61. The van der Waals surface area contributed by atoms with Gasteiger partial charge in [0.1, 0.15) is 0 Å². The van der Waals surface area contributed by atoms with E-state index in [9.17, 15) is 10.2 Å². The first-order valence-electron chi connectivity index (χ1n) is 14.0. The summed E-state index contributed by atoms with van der Waals surface area (Å²) in [6, 6.07) is 0. The molecule has 0 bridgehead atoms. The largest absolute Gasteiger partial charge is 0.393 e. The Morgan fingerprint density at radius 3 is 2.32 bits per heavy atom. The average Bonchev–Trinajstić information content (AvgIpc) is 3.30. The van der Waals surface area contributed by atoms with Crippen LogP contribution in [0.25, 0.3) is 0 Å². The number of fused-ring (bicyclic) bond motifs is 5. The van der Waals surface area contributed by atoms with Crippen molar-refractivity contribution >= 4 is 0 Å². The maximum Gasteiger partial charge on any atom is 0.0648 e. The number of aliphatic hydroxyl groups is 2. The van der Waals surface area contributed by atoms with Crippen LogP contribution in [0.3, 0.4) is 0 Å². The molecule has 178 valence electrons. The topological polar surface area (TPSA) is 40.5 Å². The standard InChI is InChI=1S/C29H50O2/c1-6-29(31)14-13-27(4)21(17-29)7-8-22-24-10-9-23(28(24,5)12-11-25(22)27)19(3)26(30)16-20-15-18(20)2/h18-26,30-31H,6-17H2,1-5H3/t18?,19-,20?,21-,22-,23+,24-,25-,26-,27-,28+,29-/m0/s1. The molecule has 0 saturated heterocycles. The third-order valence-electron chi connectivity index (χ3n) is 12.6. The van der Waals surface area contributed by atoms with Crippen LogP contribution in [-0.2, 0) is 0 Å². The zero-order valence-corrected chi connectivity index (χ0v) is 21.1. The molecule has 5 aliphatic carbocycles. The van der Waals surface area contributed by atoms with Crippen molar-refractivity contribution in [2.45, 2.75) is 123 Å². The Kier molecular flexibility index (Phi) is 5.66. The van der Waals surface area contributed by atoms with Crippen molar-refractivity contribution in [3.8, 4) is 0 Å². The van der Waals surface area contributed by atoms with Crippen molar-refractivity contribution in [2.75, 3.05) is 0 Å². The molecular weight excluding hydrogens is 380 g/mol. The lowest BCUT2D eigenvalue weighted by atomic mass is 9.43. The van der Waals surface area contributed by atoms with Crippen LogP contribution in [0.15, 0.2) is 0 Å². The lowest BCUT2D eigenvalue weighted by molar-refractivity contribution is -0.154. The van der Waals surface area contributed by atoms with E-state index in [2.05, 4.69) is 34.6 Å². The zero-order valence-electron chi connectivity index (χ0n) is 21.1. The van der Waals surface area contributed by atoms with Gasteiger partial charge in [-0.15, -0.1) is 0 Å². The summed E-state index contributed by atoms with van der Waals surface area (Å²) in [4.78, 5) is 0. The first-order valence-corrected chi connectivity index (χ1v) is 14.0. The SMILES string of the molecule is CC[C@]1(O)CC[C@@]2(C)[C@@H](CC[C@@H]3[C@@H]2CC[C@]2(C)[C@@H]([C@H](C)[C@@H](O)CC4CC4C)CC[C@@H]32)C1. The first-order chi connectivity index (χ1) is 14.6. The first kappa shape index (κ1) is 22.7. The van der Waals surface area contributed by atoms with Gasteiger partial charge in [0.25, 0.3) is 0 Å². The Labute approximate surface area is 192 Å². The molecule has 2 nitrogen and oxygen atoms in total. The summed E-state index contributed by atoms with van der Waals surface area (Å²) >= 11 is 0. The molecule has 31 heavy (non-hydrogen) atoms. The van der Waals surface area contributed by atoms with Crippen molar-refractivity contribution in [1.82, 2.24) is 0 Å². The van der Waals surface area contributed by atoms with E-state index in [-0.39, 0.29) is 11.7 Å². The van der Waals surface area contributed by atoms with Gasteiger partial charge < -0.3 is 10.2 Å². The van der Waals surface area contributed by atoms with E-state index in [0.717, 1.165) is 61.2 Å². The molecule has 12 atom stereocenters. The molecule has 5 saturated carbocycles. The van der Waals surface area contributed by atoms with Gasteiger partial charge in [0.15, 0.2) is 0 Å². The predicted octanol–water partition coefficient (Wildman–Crippen LogP) is 6.83. The number of aliphatic hydroxyl groups excluding tert-OH is 1. The van der Waals surface area contributed by atoms with Crippen molar-refractivity contribution in [3.05, 3.63) is 0 Å². The molecule has 0 aromatic rings. The van der Waals surface area contributed by atoms with Gasteiger partial charge in [-0.1, -0.05) is 34.6 Å². The summed E-state index contributed by atoms with van der Waals surface area (Å²) in [7, 11) is 0. The van der Waals surface area contributed by atoms with E-state index in [1.807, 2.05) is 0 Å². The Hall–Kier alpha value is -0.0800. The molecule has 2 unspecified atom stereocenters. The van der Waals surface area contributed by atoms with Gasteiger partial charge in [-0.3, -0.25) is 0 Å². The van der Waals surface area contributed by atoms with E-state index < -0.39 is 0 Å². The molecule has 0 amide bonds. The van der Waals surface area contributed by atoms with Gasteiger partial charge in [0.2, 0.25) is 0 Å². The van der Waals surface area contributed by atoms with Crippen molar-refractivity contribution in [1.29, 1.82) is 0 Å². The Bertz CT molecular complexity index is 676. The summed E-state index contributed by atoms with van der Waals surface area (Å²) in [5.41, 5.74) is 0.513. The third-order valence-corrected chi connectivity index (χ3v) is 12.6. The maximum atomic E-state index is 11.1. The van der Waals surface area contributed by atoms with Crippen LogP contribution in [0.2, 0.25) is 0 Å². The normalized spacial score (nSPS) is 55.6. The summed E-state index contributed by atoms with van der Waals surface area (Å²) in [6.07, 6.45) is 14.8. The minimum absolute atomic E-state index is 0.0911. The lowest BCUT2D eigenvalue weighted by Crippen LogP contribution is -2.56. The van der Waals surface area contributed by atoms with Gasteiger partial charge in [0.05, 0.1) is 11.7 Å². The molecule has 5 aliphatic rings. The minimum atomic E-state index is -0.386. The fourth-order valence-electron chi connectivity index (χ4n) is 10.1. The highest BCUT2D eigenvalue weighted by molar-refractivity contribution is 5.11. The molecule has 5 rings (SSSR count). The van der Waals surface area contributed by atoms with Crippen LogP contribution < -0.4 is 0 Å². The van der Waals surface area contributed by atoms with Crippen LogP contribution in [-0.4, -0.2) is 21.9 Å². The van der Waals surface area contributed by atoms with E-state index in [4.69, 9.17) is 0 Å². The number of hydrogen-bond donors (Lipinski definition) is 2. The molecule has 0 aromatic carbocycles. The van der Waals surface area contributed by atoms with Crippen LogP contribution in [0.4, 0.5) is 0 Å². The van der Waals surface area contributed by atoms with Gasteiger partial charge in [-0.25, -0.2) is 0 Å². The molecule has 0 radical (unpaired) electrons. The molecule has 0 aromatic heterocycles. The second-order valence-electron chi connectivity index (χ2n) is 13.8. The average molecular weight is 431 g/mol. The molecule has 0 aliphatic heterocycles. The van der Waals surface area contributed by atoms with Crippen LogP contribution in [0.5, 0.6) is 0 Å². The molecular formula is C29H50O2. The quantitative estimate of drug-likeness (QED) is 0.502. The summed E-state index contributed by atoms with van der Waals surface area (Å²) in [5, 5.41) is 22.1. The summed E-state index contributed by atoms with van der Waals surface area (Å²) in [6.45, 7) is 12.1. The monoisotopic (exact) mass is 430 g/mol.